The standard InChI is InChI=1S/C9H15N.2ClH.V/c1-3-10(4-2)9-7-5-6-8-9;;;/h5-7H,3-4,8H2,1-2H3;2*1H;/q;;;+2/p-2. The van der Waals surface area contributed by atoms with Gasteiger partial charge in [-0.2, -0.15) is 0 Å². The van der Waals surface area contributed by atoms with E-state index in [-0.39, 0.29) is 43.4 Å². The molecule has 1 aliphatic rings. The molecule has 75 valence electrons. The number of hydrogen-bond donors (Lipinski definition) is 0. The number of allylic oxidation sites excluding steroid dienone is 3. The van der Waals surface area contributed by atoms with Crippen LogP contribution in [0.1, 0.15) is 20.3 Å². The van der Waals surface area contributed by atoms with E-state index in [0.717, 1.165) is 19.5 Å². The Morgan fingerprint density at radius 1 is 1.23 bits per heavy atom. The molecule has 1 aliphatic carbocycles. The van der Waals surface area contributed by atoms with Crippen LogP contribution in [0, 0.1) is 0 Å². The Morgan fingerprint density at radius 2 is 1.77 bits per heavy atom. The molecule has 0 saturated heterocycles. The van der Waals surface area contributed by atoms with Crippen LogP contribution in [0.5, 0.6) is 0 Å². The Hall–Kier alpha value is 0.444. The molecule has 0 aromatic heterocycles. The van der Waals surface area contributed by atoms with Crippen LogP contribution in [0.2, 0.25) is 0 Å². The molecule has 0 N–H and O–H groups in total. The Balaban J connectivity index is -0.000000333. The molecular weight excluding hydrogens is 244 g/mol. The second kappa shape index (κ2) is 10.5. The van der Waals surface area contributed by atoms with Crippen LogP contribution in [0.15, 0.2) is 23.9 Å². The molecule has 0 aromatic rings. The van der Waals surface area contributed by atoms with E-state index in [1.54, 1.807) is 0 Å². The van der Waals surface area contributed by atoms with Gasteiger partial charge in [-0.05, 0) is 19.9 Å². The molecule has 0 aliphatic heterocycles. The average Bonchev–Trinajstić information content (AvgIpc) is 2.43. The molecular formula is C9H15Cl2NV. The molecule has 1 radical (unpaired) electrons. The third-order valence-electron chi connectivity index (χ3n) is 1.92. The molecule has 0 unspecified atom stereocenters. The molecule has 0 saturated carbocycles. The zero-order valence-electron chi connectivity index (χ0n) is 8.00. The van der Waals surface area contributed by atoms with E-state index >= 15 is 0 Å². The van der Waals surface area contributed by atoms with Crippen LogP contribution in [-0.4, -0.2) is 18.0 Å². The van der Waals surface area contributed by atoms with Crippen molar-refractivity contribution in [2.75, 3.05) is 13.1 Å². The van der Waals surface area contributed by atoms with Crippen molar-refractivity contribution < 1.29 is 43.4 Å². The molecule has 0 atom stereocenters. The zero-order valence-corrected chi connectivity index (χ0v) is 10.9. The Kier molecular flexibility index (Phi) is 15.5. The molecule has 0 amide bonds. The second-order valence-corrected chi connectivity index (χ2v) is 2.46. The predicted octanol–water partition coefficient (Wildman–Crippen LogP) is -3.82. The van der Waals surface area contributed by atoms with Crippen molar-refractivity contribution in [1.29, 1.82) is 0 Å². The van der Waals surface area contributed by atoms with Crippen molar-refractivity contribution in [3.8, 4) is 0 Å². The van der Waals surface area contributed by atoms with Gasteiger partial charge in [-0.15, -0.1) is 0 Å². The maximum absolute atomic E-state index is 2.39. The number of hydrogen-bond acceptors (Lipinski definition) is 1. The van der Waals surface area contributed by atoms with E-state index < -0.39 is 0 Å². The van der Waals surface area contributed by atoms with Crippen LogP contribution < -0.4 is 24.8 Å². The molecule has 0 aromatic carbocycles. The first-order valence-electron chi connectivity index (χ1n) is 3.99. The molecule has 4 heteroatoms. The monoisotopic (exact) mass is 258 g/mol. The summed E-state index contributed by atoms with van der Waals surface area (Å²) < 4.78 is 0. The summed E-state index contributed by atoms with van der Waals surface area (Å²) in [6.07, 6.45) is 7.66. The normalized spacial score (nSPS) is 12.0. The first kappa shape index (κ1) is 19.1. The quantitative estimate of drug-likeness (QED) is 0.502. The summed E-state index contributed by atoms with van der Waals surface area (Å²) in [5.41, 5.74) is 1.46. The van der Waals surface area contributed by atoms with Gasteiger partial charge >= 0.3 is 18.6 Å². The minimum Gasteiger partial charge on any atom is -1.00 e. The van der Waals surface area contributed by atoms with Gasteiger partial charge in [0.25, 0.3) is 0 Å². The average molecular weight is 259 g/mol. The summed E-state index contributed by atoms with van der Waals surface area (Å²) in [7, 11) is 0. The van der Waals surface area contributed by atoms with Crippen LogP contribution >= 0.6 is 0 Å². The number of halogens is 2. The van der Waals surface area contributed by atoms with E-state index in [1.165, 1.54) is 5.70 Å². The fourth-order valence-corrected chi connectivity index (χ4v) is 1.30. The summed E-state index contributed by atoms with van der Waals surface area (Å²) in [6, 6.07) is 0. The van der Waals surface area contributed by atoms with Crippen molar-refractivity contribution in [2.45, 2.75) is 20.3 Å². The van der Waals surface area contributed by atoms with Gasteiger partial charge in [-0.3, -0.25) is 0 Å². The van der Waals surface area contributed by atoms with Gasteiger partial charge in [0.05, 0.1) is 0 Å². The molecule has 0 fully saturated rings. The summed E-state index contributed by atoms with van der Waals surface area (Å²) in [5.74, 6) is 0. The van der Waals surface area contributed by atoms with Crippen molar-refractivity contribution in [2.24, 2.45) is 0 Å². The van der Waals surface area contributed by atoms with E-state index in [9.17, 15) is 0 Å². The summed E-state index contributed by atoms with van der Waals surface area (Å²) >= 11 is 0. The first-order chi connectivity index (χ1) is 4.88. The molecule has 0 heterocycles. The van der Waals surface area contributed by atoms with Gasteiger partial charge in [0.2, 0.25) is 0 Å². The zero-order chi connectivity index (χ0) is 7.40. The summed E-state index contributed by atoms with van der Waals surface area (Å²) in [4.78, 5) is 2.39. The Labute approximate surface area is 105 Å². The van der Waals surface area contributed by atoms with Crippen molar-refractivity contribution in [3.05, 3.63) is 23.9 Å². The topological polar surface area (TPSA) is 3.24 Å². The van der Waals surface area contributed by atoms with E-state index in [0.29, 0.717) is 0 Å². The SMILES string of the molecule is CCN(CC)C1=CC=CC1.[Cl-].[Cl-].[V+2]. The van der Waals surface area contributed by atoms with E-state index in [1.807, 2.05) is 0 Å². The molecule has 1 nitrogen and oxygen atoms in total. The van der Waals surface area contributed by atoms with Gasteiger partial charge < -0.3 is 29.7 Å². The summed E-state index contributed by atoms with van der Waals surface area (Å²) in [6.45, 7) is 6.65. The number of rotatable bonds is 3. The molecule has 0 bridgehead atoms. The second-order valence-electron chi connectivity index (χ2n) is 2.46. The van der Waals surface area contributed by atoms with Crippen LogP contribution in [0.4, 0.5) is 0 Å². The van der Waals surface area contributed by atoms with Crippen LogP contribution in [0.25, 0.3) is 0 Å². The minimum atomic E-state index is 0. The fraction of sp³-hybridized carbons (Fsp3) is 0.556. The van der Waals surface area contributed by atoms with Crippen LogP contribution in [0.3, 0.4) is 0 Å². The molecule has 13 heavy (non-hydrogen) atoms. The largest absolute Gasteiger partial charge is 2.00 e. The van der Waals surface area contributed by atoms with Gasteiger partial charge in [-0.25, -0.2) is 0 Å². The van der Waals surface area contributed by atoms with Crippen molar-refractivity contribution in [1.82, 2.24) is 4.90 Å². The minimum absolute atomic E-state index is 0. The van der Waals surface area contributed by atoms with Gasteiger partial charge in [0, 0.05) is 25.2 Å². The maximum Gasteiger partial charge on any atom is 2.00 e. The van der Waals surface area contributed by atoms with Crippen LogP contribution in [-0.2, 0) is 18.6 Å². The Bertz CT molecular complexity index is 165. The third kappa shape index (κ3) is 5.69. The first-order valence-corrected chi connectivity index (χ1v) is 3.99. The summed E-state index contributed by atoms with van der Waals surface area (Å²) in [5, 5.41) is 0. The van der Waals surface area contributed by atoms with Gasteiger partial charge in [0.15, 0.2) is 0 Å². The van der Waals surface area contributed by atoms with Crippen molar-refractivity contribution in [3.63, 3.8) is 0 Å². The molecule has 1 rings (SSSR count). The fourth-order valence-electron chi connectivity index (χ4n) is 1.30. The smallest absolute Gasteiger partial charge is 1.00 e. The number of nitrogens with zero attached hydrogens (tertiary/aromatic N) is 1. The van der Waals surface area contributed by atoms with Gasteiger partial charge in [0.1, 0.15) is 0 Å². The van der Waals surface area contributed by atoms with E-state index in [2.05, 4.69) is 37.0 Å². The van der Waals surface area contributed by atoms with E-state index in [4.69, 9.17) is 0 Å². The van der Waals surface area contributed by atoms with Gasteiger partial charge in [-0.1, -0.05) is 12.2 Å². The molecule has 0 spiro atoms. The third-order valence-corrected chi connectivity index (χ3v) is 1.92. The van der Waals surface area contributed by atoms with Crippen molar-refractivity contribution >= 4 is 0 Å². The maximum atomic E-state index is 2.39. The Morgan fingerprint density at radius 3 is 2.08 bits per heavy atom. The predicted molar refractivity (Wildman–Crippen MR) is 44.8 cm³/mol.